The van der Waals surface area contributed by atoms with Crippen LogP contribution >= 0.6 is 11.6 Å². The van der Waals surface area contributed by atoms with E-state index in [1.165, 1.54) is 5.56 Å². The maximum atomic E-state index is 12.6. The molecule has 1 aliphatic heterocycles. The van der Waals surface area contributed by atoms with E-state index in [4.69, 9.17) is 16.3 Å². The Hall–Kier alpha value is -1.60. The van der Waals surface area contributed by atoms with E-state index in [1.54, 1.807) is 11.8 Å². The van der Waals surface area contributed by atoms with E-state index >= 15 is 0 Å². The molecule has 1 aliphatic rings. The number of aromatic nitrogens is 2. The molecule has 1 aromatic carbocycles. The molecule has 0 aliphatic carbocycles. The summed E-state index contributed by atoms with van der Waals surface area (Å²) in [5.41, 5.74) is 3.31. The Bertz CT molecular complexity index is 786. The fourth-order valence-corrected chi connectivity index (χ4v) is 3.56. The third-order valence-electron chi connectivity index (χ3n) is 4.87. The zero-order valence-corrected chi connectivity index (χ0v) is 16.3. The van der Waals surface area contributed by atoms with Gasteiger partial charge in [-0.1, -0.05) is 23.7 Å². The zero-order chi connectivity index (χ0) is 18.5. The largest absolute Gasteiger partial charge is 0.383 e. The van der Waals surface area contributed by atoms with Crippen molar-refractivity contribution in [3.05, 3.63) is 56.5 Å². The molecule has 0 saturated heterocycles. The number of nitrogens with zero attached hydrogens (tertiary/aromatic N) is 3. The minimum atomic E-state index is 0.127. The molecular formula is C19H27ClN4O2. The predicted molar refractivity (Wildman–Crippen MR) is 104 cm³/mol. The molecule has 0 unspecified atom stereocenters. The van der Waals surface area contributed by atoms with E-state index in [0.29, 0.717) is 13.2 Å². The molecule has 142 valence electrons. The van der Waals surface area contributed by atoms with E-state index in [0.717, 1.165) is 55.4 Å². The number of methoxy groups -OCH3 is 1. The monoisotopic (exact) mass is 378 g/mol. The number of H-pyrrole nitrogens is 1. The number of aromatic amines is 1. The third kappa shape index (κ3) is 4.76. The van der Waals surface area contributed by atoms with Gasteiger partial charge in [0, 0.05) is 50.4 Å². The first kappa shape index (κ1) is 19.2. The van der Waals surface area contributed by atoms with Crippen LogP contribution in [0.5, 0.6) is 0 Å². The predicted octanol–water partition coefficient (Wildman–Crippen LogP) is 1.97. The number of halogens is 1. The van der Waals surface area contributed by atoms with Gasteiger partial charge in [-0.2, -0.15) is 0 Å². The van der Waals surface area contributed by atoms with E-state index in [1.807, 2.05) is 25.2 Å². The summed E-state index contributed by atoms with van der Waals surface area (Å²) in [6, 6.07) is 7.96. The molecule has 0 amide bonds. The van der Waals surface area contributed by atoms with Gasteiger partial charge in [-0.15, -0.1) is 0 Å². The van der Waals surface area contributed by atoms with Gasteiger partial charge >= 0.3 is 0 Å². The van der Waals surface area contributed by atoms with Gasteiger partial charge in [0.1, 0.15) is 0 Å². The summed E-state index contributed by atoms with van der Waals surface area (Å²) in [7, 11) is 3.74. The smallest absolute Gasteiger partial charge is 0.270 e. The van der Waals surface area contributed by atoms with Gasteiger partial charge in [0.2, 0.25) is 0 Å². The molecule has 26 heavy (non-hydrogen) atoms. The Morgan fingerprint density at radius 2 is 2.19 bits per heavy atom. The van der Waals surface area contributed by atoms with Crippen LogP contribution in [0.3, 0.4) is 0 Å². The quantitative estimate of drug-likeness (QED) is 0.763. The Kier molecular flexibility index (Phi) is 6.53. The first-order valence-electron chi connectivity index (χ1n) is 9.01. The topological polar surface area (TPSA) is 53.5 Å². The summed E-state index contributed by atoms with van der Waals surface area (Å²) in [6.07, 6.45) is 0.789. The van der Waals surface area contributed by atoms with Gasteiger partial charge in [0.05, 0.1) is 18.8 Å². The summed E-state index contributed by atoms with van der Waals surface area (Å²) < 4.78 is 6.84. The minimum absolute atomic E-state index is 0.127. The second-order valence-corrected chi connectivity index (χ2v) is 7.35. The lowest BCUT2D eigenvalue weighted by molar-refractivity contribution is 0.158. The van der Waals surface area contributed by atoms with E-state index in [9.17, 15) is 4.79 Å². The maximum absolute atomic E-state index is 12.6. The molecule has 3 rings (SSSR count). The molecule has 0 atom stereocenters. The number of ether oxygens (including phenoxy) is 1. The molecule has 2 aromatic rings. The SMILES string of the molecule is COCCN(C)CCn1[nH]c2c(c1=O)CCN(Cc1cccc(Cl)c1)C2. The number of hydrogen-bond donors (Lipinski definition) is 1. The molecule has 0 fully saturated rings. The number of likely N-dealkylation sites (N-methyl/N-ethyl adjacent to an activating group) is 1. The lowest BCUT2D eigenvalue weighted by Gasteiger charge is -2.26. The van der Waals surface area contributed by atoms with Gasteiger partial charge in [-0.3, -0.25) is 19.5 Å². The molecule has 2 heterocycles. The number of nitrogens with one attached hydrogen (secondary N) is 1. The highest BCUT2D eigenvalue weighted by atomic mass is 35.5. The molecule has 1 N–H and O–H groups in total. The summed E-state index contributed by atoms with van der Waals surface area (Å²) in [5, 5.41) is 4.08. The molecule has 1 aromatic heterocycles. The summed E-state index contributed by atoms with van der Waals surface area (Å²) in [6.45, 7) is 5.54. The average Bonchev–Trinajstić information content (AvgIpc) is 2.93. The van der Waals surface area contributed by atoms with E-state index < -0.39 is 0 Å². The number of hydrogen-bond acceptors (Lipinski definition) is 4. The second kappa shape index (κ2) is 8.86. The van der Waals surface area contributed by atoms with Crippen molar-refractivity contribution in [3.8, 4) is 0 Å². The van der Waals surface area contributed by atoms with Crippen LogP contribution < -0.4 is 5.56 Å². The van der Waals surface area contributed by atoms with Crippen LogP contribution in [0.15, 0.2) is 29.1 Å². The minimum Gasteiger partial charge on any atom is -0.383 e. The van der Waals surface area contributed by atoms with Gasteiger partial charge in [-0.25, -0.2) is 0 Å². The van der Waals surface area contributed by atoms with Crippen molar-refractivity contribution in [1.82, 2.24) is 19.6 Å². The fourth-order valence-electron chi connectivity index (χ4n) is 3.35. The first-order chi connectivity index (χ1) is 12.6. The summed E-state index contributed by atoms with van der Waals surface area (Å²) in [4.78, 5) is 17.1. The van der Waals surface area contributed by atoms with Crippen molar-refractivity contribution in [2.45, 2.75) is 26.1 Å². The lowest BCUT2D eigenvalue weighted by atomic mass is 10.1. The maximum Gasteiger partial charge on any atom is 0.270 e. The first-order valence-corrected chi connectivity index (χ1v) is 9.39. The standard InChI is InChI=1S/C19H27ClN4O2/c1-22(10-11-26-2)8-9-24-19(25)17-6-7-23(14-18(17)21-24)13-15-4-3-5-16(20)12-15/h3-5,12,21H,6-11,13-14H2,1-2H3. The average molecular weight is 379 g/mol. The molecular weight excluding hydrogens is 352 g/mol. The second-order valence-electron chi connectivity index (χ2n) is 6.91. The normalized spacial score (nSPS) is 14.8. The number of fused-ring (bicyclic) bond motifs is 1. The third-order valence-corrected chi connectivity index (χ3v) is 5.11. The highest BCUT2D eigenvalue weighted by Crippen LogP contribution is 2.18. The number of benzene rings is 1. The van der Waals surface area contributed by atoms with Crippen LogP contribution in [0.2, 0.25) is 5.02 Å². The van der Waals surface area contributed by atoms with Crippen molar-refractivity contribution in [2.75, 3.05) is 40.4 Å². The van der Waals surface area contributed by atoms with Gasteiger partial charge in [0.25, 0.3) is 5.56 Å². The van der Waals surface area contributed by atoms with Crippen molar-refractivity contribution in [1.29, 1.82) is 0 Å². The van der Waals surface area contributed by atoms with Crippen LogP contribution in [0.4, 0.5) is 0 Å². The molecule has 0 saturated carbocycles. The number of rotatable bonds is 8. The van der Waals surface area contributed by atoms with Crippen molar-refractivity contribution < 1.29 is 4.74 Å². The van der Waals surface area contributed by atoms with Crippen molar-refractivity contribution >= 4 is 11.6 Å². The van der Waals surface area contributed by atoms with Gasteiger partial charge < -0.3 is 9.64 Å². The Labute approximate surface area is 159 Å². The molecule has 7 heteroatoms. The molecule has 0 spiro atoms. The van der Waals surface area contributed by atoms with E-state index in [2.05, 4.69) is 21.0 Å². The fraction of sp³-hybridized carbons (Fsp3) is 0.526. The highest BCUT2D eigenvalue weighted by molar-refractivity contribution is 6.30. The molecule has 0 radical (unpaired) electrons. The Balaban J connectivity index is 1.61. The van der Waals surface area contributed by atoms with E-state index in [-0.39, 0.29) is 5.56 Å². The molecule has 6 nitrogen and oxygen atoms in total. The van der Waals surface area contributed by atoms with Gasteiger partial charge in [0.15, 0.2) is 0 Å². The summed E-state index contributed by atoms with van der Waals surface area (Å²) in [5.74, 6) is 0. The van der Waals surface area contributed by atoms with Crippen LogP contribution in [0.25, 0.3) is 0 Å². The van der Waals surface area contributed by atoms with Crippen LogP contribution in [0.1, 0.15) is 16.8 Å². The van der Waals surface area contributed by atoms with Gasteiger partial charge in [-0.05, 0) is 31.2 Å². The Morgan fingerprint density at radius 3 is 2.96 bits per heavy atom. The zero-order valence-electron chi connectivity index (χ0n) is 15.5. The van der Waals surface area contributed by atoms with Crippen LogP contribution in [0, 0.1) is 0 Å². The highest BCUT2D eigenvalue weighted by Gasteiger charge is 2.22. The van der Waals surface area contributed by atoms with Crippen LogP contribution in [-0.4, -0.2) is 60.0 Å². The molecule has 0 bridgehead atoms. The van der Waals surface area contributed by atoms with Crippen molar-refractivity contribution in [3.63, 3.8) is 0 Å². The van der Waals surface area contributed by atoms with Crippen molar-refractivity contribution in [2.24, 2.45) is 0 Å². The summed E-state index contributed by atoms with van der Waals surface area (Å²) >= 11 is 6.08. The Morgan fingerprint density at radius 1 is 1.35 bits per heavy atom. The van der Waals surface area contributed by atoms with Crippen LogP contribution in [-0.2, 0) is 30.8 Å². The lowest BCUT2D eigenvalue weighted by Crippen LogP contribution is -2.32.